The minimum atomic E-state index is -0.329. The van der Waals surface area contributed by atoms with E-state index in [1.165, 1.54) is 0 Å². The monoisotopic (exact) mass is 329 g/mol. The van der Waals surface area contributed by atoms with Crippen LogP contribution in [0.3, 0.4) is 0 Å². The van der Waals surface area contributed by atoms with Crippen molar-refractivity contribution in [1.29, 1.82) is 0 Å². The second-order valence-electron chi connectivity index (χ2n) is 5.27. The zero-order valence-electron chi connectivity index (χ0n) is 14.1. The lowest BCUT2D eigenvalue weighted by molar-refractivity contribution is 0.0233. The second-order valence-corrected chi connectivity index (χ2v) is 5.27. The fourth-order valence-corrected chi connectivity index (χ4v) is 2.07. The van der Waals surface area contributed by atoms with Gasteiger partial charge in [-0.2, -0.15) is 0 Å². The Hall–Kier alpha value is -2.53. The molecule has 0 aliphatic rings. The molecule has 2 aromatic carbocycles. The van der Waals surface area contributed by atoms with Gasteiger partial charge < -0.3 is 9.47 Å². The lowest BCUT2D eigenvalue weighted by Gasteiger charge is -2.12. The minimum Gasteiger partial charge on any atom is -0.493 e. The molecule has 0 fully saturated rings. The Labute approximate surface area is 142 Å². The predicted molar refractivity (Wildman–Crippen MR) is 92.1 cm³/mol. The van der Waals surface area contributed by atoms with Crippen molar-refractivity contribution < 1.29 is 19.1 Å². The average molecular weight is 329 g/mol. The van der Waals surface area contributed by atoms with E-state index in [-0.39, 0.29) is 5.91 Å². The molecule has 0 heterocycles. The van der Waals surface area contributed by atoms with E-state index >= 15 is 0 Å². The molecule has 0 aliphatic heterocycles. The van der Waals surface area contributed by atoms with Gasteiger partial charge in [0.25, 0.3) is 5.91 Å². The van der Waals surface area contributed by atoms with Crippen LogP contribution in [0.1, 0.15) is 35.7 Å². The van der Waals surface area contributed by atoms with Gasteiger partial charge in [-0.3, -0.25) is 9.63 Å². The van der Waals surface area contributed by atoms with Crippen molar-refractivity contribution in [3.63, 3.8) is 0 Å². The predicted octanol–water partition coefficient (Wildman–Crippen LogP) is 3.74. The number of benzene rings is 2. The van der Waals surface area contributed by atoms with Crippen molar-refractivity contribution in [2.45, 2.75) is 26.4 Å². The van der Waals surface area contributed by atoms with Gasteiger partial charge in [0, 0.05) is 5.56 Å². The van der Waals surface area contributed by atoms with Gasteiger partial charge in [-0.25, -0.2) is 5.48 Å². The Balaban J connectivity index is 1.91. The van der Waals surface area contributed by atoms with Crippen molar-refractivity contribution in [2.24, 2.45) is 0 Å². The van der Waals surface area contributed by atoms with Crippen LogP contribution in [0.15, 0.2) is 48.5 Å². The molecule has 2 rings (SSSR count). The first-order valence-electron chi connectivity index (χ1n) is 8.01. The molecular formula is C19H23NO4. The third kappa shape index (κ3) is 5.28. The fourth-order valence-electron chi connectivity index (χ4n) is 2.07. The highest BCUT2D eigenvalue weighted by atomic mass is 16.6. The van der Waals surface area contributed by atoms with Crippen LogP contribution in [0.25, 0.3) is 0 Å². The molecule has 5 heteroatoms. The molecule has 0 unspecified atom stereocenters. The van der Waals surface area contributed by atoms with Crippen molar-refractivity contribution in [1.82, 2.24) is 5.48 Å². The van der Waals surface area contributed by atoms with Gasteiger partial charge in [0.15, 0.2) is 11.5 Å². The first-order chi connectivity index (χ1) is 11.7. The van der Waals surface area contributed by atoms with Crippen LogP contribution in [0.2, 0.25) is 0 Å². The number of ether oxygens (including phenoxy) is 2. The molecule has 128 valence electrons. The standard InChI is InChI=1S/C19H23NO4/c1-3-4-12-23-17-11-10-16(13-18(17)22-2)19(21)20-24-14-15-8-6-5-7-9-15/h5-11,13H,3-4,12,14H2,1-2H3,(H,20,21). The summed E-state index contributed by atoms with van der Waals surface area (Å²) >= 11 is 0. The molecule has 0 saturated heterocycles. The van der Waals surface area contributed by atoms with Crippen LogP contribution in [-0.4, -0.2) is 19.6 Å². The number of carbonyl (C=O) groups is 1. The zero-order chi connectivity index (χ0) is 17.2. The minimum absolute atomic E-state index is 0.307. The number of rotatable bonds is 9. The second kappa shape index (κ2) is 9.57. The molecule has 1 amide bonds. The highest BCUT2D eigenvalue weighted by Gasteiger charge is 2.11. The summed E-state index contributed by atoms with van der Waals surface area (Å²) in [5.74, 6) is 0.832. The lowest BCUT2D eigenvalue weighted by Crippen LogP contribution is -2.23. The van der Waals surface area contributed by atoms with E-state index in [0.717, 1.165) is 18.4 Å². The average Bonchev–Trinajstić information content (AvgIpc) is 2.63. The van der Waals surface area contributed by atoms with Crippen molar-refractivity contribution in [3.05, 3.63) is 59.7 Å². The van der Waals surface area contributed by atoms with Gasteiger partial charge in [-0.1, -0.05) is 43.7 Å². The SMILES string of the molecule is CCCCOc1ccc(C(=O)NOCc2ccccc2)cc1OC. The van der Waals surface area contributed by atoms with Crippen LogP contribution in [0.4, 0.5) is 0 Å². The molecular weight excluding hydrogens is 306 g/mol. The summed E-state index contributed by atoms with van der Waals surface area (Å²) in [6.45, 7) is 3.03. The maximum absolute atomic E-state index is 12.1. The van der Waals surface area contributed by atoms with Gasteiger partial charge in [0.1, 0.15) is 0 Å². The van der Waals surface area contributed by atoms with Crippen LogP contribution in [-0.2, 0) is 11.4 Å². The number of hydroxylamine groups is 1. The molecule has 0 aromatic heterocycles. The van der Waals surface area contributed by atoms with E-state index < -0.39 is 0 Å². The van der Waals surface area contributed by atoms with E-state index in [9.17, 15) is 4.79 Å². The third-order valence-corrected chi connectivity index (χ3v) is 3.43. The van der Waals surface area contributed by atoms with Crippen LogP contribution >= 0.6 is 0 Å². The highest BCUT2D eigenvalue weighted by Crippen LogP contribution is 2.28. The van der Waals surface area contributed by atoms with Crippen molar-refractivity contribution in [3.8, 4) is 11.5 Å². The van der Waals surface area contributed by atoms with E-state index in [2.05, 4.69) is 12.4 Å². The summed E-state index contributed by atoms with van der Waals surface area (Å²) in [7, 11) is 1.55. The number of hydrogen-bond donors (Lipinski definition) is 1. The number of methoxy groups -OCH3 is 1. The first-order valence-corrected chi connectivity index (χ1v) is 8.01. The van der Waals surface area contributed by atoms with E-state index in [1.807, 2.05) is 30.3 Å². The molecule has 0 atom stereocenters. The maximum atomic E-state index is 12.1. The van der Waals surface area contributed by atoms with E-state index in [1.54, 1.807) is 25.3 Å². The summed E-state index contributed by atoms with van der Waals surface area (Å²) in [5.41, 5.74) is 3.86. The molecule has 5 nitrogen and oxygen atoms in total. The normalized spacial score (nSPS) is 10.2. The van der Waals surface area contributed by atoms with Crippen LogP contribution in [0.5, 0.6) is 11.5 Å². The summed E-state index contributed by atoms with van der Waals surface area (Å²) in [4.78, 5) is 17.4. The summed E-state index contributed by atoms with van der Waals surface area (Å²) in [6.07, 6.45) is 2.03. The molecule has 0 saturated carbocycles. The number of nitrogens with one attached hydrogen (secondary N) is 1. The number of carbonyl (C=O) groups excluding carboxylic acids is 1. The number of unbranched alkanes of at least 4 members (excludes halogenated alkanes) is 1. The highest BCUT2D eigenvalue weighted by molar-refractivity contribution is 5.94. The fraction of sp³-hybridized carbons (Fsp3) is 0.316. The summed E-state index contributed by atoms with van der Waals surface area (Å²) in [5, 5.41) is 0. The molecule has 0 aliphatic carbocycles. The smallest absolute Gasteiger partial charge is 0.274 e. The zero-order valence-corrected chi connectivity index (χ0v) is 14.1. The van der Waals surface area contributed by atoms with Gasteiger partial charge in [0.2, 0.25) is 0 Å². The van der Waals surface area contributed by atoms with Gasteiger partial charge in [-0.15, -0.1) is 0 Å². The molecule has 1 N–H and O–H groups in total. The molecule has 0 radical (unpaired) electrons. The summed E-state index contributed by atoms with van der Waals surface area (Å²) in [6, 6.07) is 14.7. The van der Waals surface area contributed by atoms with E-state index in [0.29, 0.717) is 30.3 Å². The topological polar surface area (TPSA) is 56.8 Å². The van der Waals surface area contributed by atoms with Crippen molar-refractivity contribution >= 4 is 5.91 Å². The van der Waals surface area contributed by atoms with Crippen LogP contribution < -0.4 is 15.0 Å². The molecule has 2 aromatic rings. The van der Waals surface area contributed by atoms with Gasteiger partial charge in [-0.05, 0) is 30.2 Å². The van der Waals surface area contributed by atoms with Crippen LogP contribution in [0, 0.1) is 0 Å². The number of amides is 1. The Morgan fingerprint density at radius 2 is 1.88 bits per heavy atom. The maximum Gasteiger partial charge on any atom is 0.274 e. The number of hydrogen-bond acceptors (Lipinski definition) is 4. The Kier molecular flexibility index (Phi) is 7.11. The Bertz CT molecular complexity index is 643. The van der Waals surface area contributed by atoms with E-state index in [4.69, 9.17) is 14.3 Å². The Morgan fingerprint density at radius 3 is 2.58 bits per heavy atom. The summed E-state index contributed by atoms with van der Waals surface area (Å²) < 4.78 is 10.9. The van der Waals surface area contributed by atoms with Crippen molar-refractivity contribution in [2.75, 3.05) is 13.7 Å². The first kappa shape index (κ1) is 17.8. The Morgan fingerprint density at radius 1 is 1.08 bits per heavy atom. The molecule has 0 bridgehead atoms. The molecule has 0 spiro atoms. The van der Waals surface area contributed by atoms with Gasteiger partial charge >= 0.3 is 0 Å². The third-order valence-electron chi connectivity index (χ3n) is 3.43. The largest absolute Gasteiger partial charge is 0.493 e. The quantitative estimate of drug-likeness (QED) is 0.562. The molecule has 24 heavy (non-hydrogen) atoms. The van der Waals surface area contributed by atoms with Gasteiger partial charge in [0.05, 0.1) is 20.3 Å². The lowest BCUT2D eigenvalue weighted by atomic mass is 10.2.